The van der Waals surface area contributed by atoms with Crippen molar-refractivity contribution in [3.8, 4) is 11.9 Å². The Morgan fingerprint density at radius 1 is 1.25 bits per heavy atom. The third-order valence-corrected chi connectivity index (χ3v) is 2.12. The van der Waals surface area contributed by atoms with Crippen molar-refractivity contribution in [2.45, 2.75) is 25.5 Å². The van der Waals surface area contributed by atoms with Gasteiger partial charge in [0, 0.05) is 12.1 Å². The SMILES string of the molecule is N#CCc1cc(C(F)(F)F)c(CN)c(OC(F)(F)F)n1. The Labute approximate surface area is 108 Å². The Morgan fingerprint density at radius 2 is 1.85 bits per heavy atom. The van der Waals surface area contributed by atoms with Crippen molar-refractivity contribution in [3.63, 3.8) is 0 Å². The highest BCUT2D eigenvalue weighted by atomic mass is 19.4. The van der Waals surface area contributed by atoms with E-state index in [4.69, 9.17) is 11.0 Å². The fourth-order valence-corrected chi connectivity index (χ4v) is 1.41. The van der Waals surface area contributed by atoms with E-state index in [1.165, 1.54) is 6.07 Å². The Hall–Kier alpha value is -2.02. The van der Waals surface area contributed by atoms with Crippen LogP contribution < -0.4 is 10.5 Å². The van der Waals surface area contributed by atoms with Crippen LogP contribution in [0.1, 0.15) is 16.8 Å². The monoisotopic (exact) mass is 299 g/mol. The number of hydrogen-bond acceptors (Lipinski definition) is 4. The molecular weight excluding hydrogens is 292 g/mol. The Morgan fingerprint density at radius 3 is 2.25 bits per heavy atom. The molecule has 0 radical (unpaired) electrons. The van der Waals surface area contributed by atoms with Gasteiger partial charge in [-0.25, -0.2) is 4.98 Å². The van der Waals surface area contributed by atoms with Crippen LogP contribution in [0.2, 0.25) is 0 Å². The molecule has 0 spiro atoms. The van der Waals surface area contributed by atoms with E-state index in [0.29, 0.717) is 6.07 Å². The Balaban J connectivity index is 3.47. The first-order chi connectivity index (χ1) is 9.08. The summed E-state index contributed by atoms with van der Waals surface area (Å²) in [5.74, 6) is -1.29. The van der Waals surface area contributed by atoms with Crippen LogP contribution in [0.25, 0.3) is 0 Å². The average Bonchev–Trinajstić information content (AvgIpc) is 2.25. The summed E-state index contributed by atoms with van der Waals surface area (Å²) in [7, 11) is 0. The first kappa shape index (κ1) is 16.0. The summed E-state index contributed by atoms with van der Waals surface area (Å²) in [5.41, 5.74) is 2.23. The second-order valence-corrected chi connectivity index (χ2v) is 3.53. The van der Waals surface area contributed by atoms with Crippen molar-refractivity contribution >= 4 is 0 Å². The maximum absolute atomic E-state index is 12.8. The molecule has 0 aliphatic carbocycles. The number of alkyl halides is 6. The van der Waals surface area contributed by atoms with Crippen LogP contribution in [0, 0.1) is 11.3 Å². The first-order valence-corrected chi connectivity index (χ1v) is 5.01. The largest absolute Gasteiger partial charge is 0.574 e. The van der Waals surface area contributed by atoms with Gasteiger partial charge in [0.05, 0.1) is 23.7 Å². The van der Waals surface area contributed by atoms with Crippen LogP contribution in [0.3, 0.4) is 0 Å². The van der Waals surface area contributed by atoms with E-state index >= 15 is 0 Å². The fourth-order valence-electron chi connectivity index (χ4n) is 1.41. The maximum atomic E-state index is 12.8. The van der Waals surface area contributed by atoms with Crippen LogP contribution in [-0.4, -0.2) is 11.3 Å². The lowest BCUT2D eigenvalue weighted by atomic mass is 10.1. The summed E-state index contributed by atoms with van der Waals surface area (Å²) in [6.07, 6.45) is -10.8. The highest BCUT2D eigenvalue weighted by Gasteiger charge is 2.39. The summed E-state index contributed by atoms with van der Waals surface area (Å²) < 4.78 is 78.2. The molecule has 1 heterocycles. The number of halogens is 6. The molecule has 0 saturated heterocycles. The van der Waals surface area contributed by atoms with Gasteiger partial charge >= 0.3 is 12.5 Å². The molecule has 0 amide bonds. The van der Waals surface area contributed by atoms with Gasteiger partial charge in [0.1, 0.15) is 0 Å². The Kier molecular flexibility index (Phi) is 4.44. The second kappa shape index (κ2) is 5.54. The van der Waals surface area contributed by atoms with Crippen molar-refractivity contribution < 1.29 is 31.1 Å². The van der Waals surface area contributed by atoms with Crippen molar-refractivity contribution in [2.24, 2.45) is 5.73 Å². The summed E-state index contributed by atoms with van der Waals surface area (Å²) in [6.45, 7) is -0.847. The van der Waals surface area contributed by atoms with E-state index in [-0.39, 0.29) is 0 Å². The van der Waals surface area contributed by atoms with E-state index in [1.54, 1.807) is 0 Å². The lowest BCUT2D eigenvalue weighted by molar-refractivity contribution is -0.276. The quantitative estimate of drug-likeness (QED) is 0.870. The summed E-state index contributed by atoms with van der Waals surface area (Å²) in [4.78, 5) is 3.25. The predicted molar refractivity (Wildman–Crippen MR) is 53.1 cm³/mol. The molecule has 10 heteroatoms. The summed E-state index contributed by atoms with van der Waals surface area (Å²) in [5, 5.41) is 8.40. The number of pyridine rings is 1. The lowest BCUT2D eigenvalue weighted by Crippen LogP contribution is -2.22. The molecule has 1 rings (SSSR count). The van der Waals surface area contributed by atoms with E-state index < -0.39 is 48.2 Å². The van der Waals surface area contributed by atoms with Gasteiger partial charge in [0.25, 0.3) is 0 Å². The van der Waals surface area contributed by atoms with Crippen LogP contribution in [0.5, 0.6) is 5.88 Å². The molecule has 2 N–H and O–H groups in total. The molecular formula is C10H7F6N3O. The molecule has 0 bridgehead atoms. The third kappa shape index (κ3) is 3.99. The highest BCUT2D eigenvalue weighted by Crippen LogP contribution is 2.37. The van der Waals surface area contributed by atoms with Gasteiger partial charge < -0.3 is 10.5 Å². The van der Waals surface area contributed by atoms with Gasteiger partial charge in [-0.2, -0.15) is 18.4 Å². The zero-order valence-electron chi connectivity index (χ0n) is 9.64. The smallest absolute Gasteiger partial charge is 0.388 e. The van der Waals surface area contributed by atoms with Crippen LogP contribution in [-0.2, 0) is 19.1 Å². The van der Waals surface area contributed by atoms with Crippen molar-refractivity contribution in [3.05, 3.63) is 22.9 Å². The van der Waals surface area contributed by atoms with E-state index in [1.807, 2.05) is 0 Å². The van der Waals surface area contributed by atoms with Gasteiger partial charge in [-0.15, -0.1) is 13.2 Å². The molecule has 0 unspecified atom stereocenters. The average molecular weight is 299 g/mol. The molecule has 0 aliphatic heterocycles. The van der Waals surface area contributed by atoms with E-state index in [9.17, 15) is 26.3 Å². The minimum Gasteiger partial charge on any atom is -0.388 e. The molecule has 1 aromatic heterocycles. The van der Waals surface area contributed by atoms with Crippen molar-refractivity contribution in [2.75, 3.05) is 0 Å². The summed E-state index contributed by atoms with van der Waals surface area (Å²) in [6, 6.07) is 1.97. The van der Waals surface area contributed by atoms with Crippen LogP contribution in [0.4, 0.5) is 26.3 Å². The molecule has 0 aromatic carbocycles. The first-order valence-electron chi connectivity index (χ1n) is 5.01. The van der Waals surface area contributed by atoms with Gasteiger partial charge in [0.2, 0.25) is 5.88 Å². The van der Waals surface area contributed by atoms with Gasteiger partial charge in [-0.1, -0.05) is 0 Å². The zero-order valence-corrected chi connectivity index (χ0v) is 9.64. The number of aromatic nitrogens is 1. The Bertz CT molecular complexity index is 532. The molecule has 0 saturated carbocycles. The minimum atomic E-state index is -5.22. The topological polar surface area (TPSA) is 71.9 Å². The number of rotatable bonds is 3. The van der Waals surface area contributed by atoms with E-state index in [2.05, 4.69) is 9.72 Å². The summed E-state index contributed by atoms with van der Waals surface area (Å²) >= 11 is 0. The molecule has 20 heavy (non-hydrogen) atoms. The highest BCUT2D eigenvalue weighted by molar-refractivity contribution is 5.39. The molecule has 0 atom stereocenters. The van der Waals surface area contributed by atoms with Gasteiger partial charge in [-0.05, 0) is 6.07 Å². The van der Waals surface area contributed by atoms with Gasteiger partial charge in [0.15, 0.2) is 0 Å². The van der Waals surface area contributed by atoms with Crippen LogP contribution in [0.15, 0.2) is 6.07 Å². The zero-order chi connectivity index (χ0) is 15.6. The minimum absolute atomic E-state index is 0.481. The number of ether oxygens (including phenoxy) is 1. The maximum Gasteiger partial charge on any atom is 0.574 e. The second-order valence-electron chi connectivity index (χ2n) is 3.53. The predicted octanol–water partition coefficient (Wildman–Crippen LogP) is 2.52. The molecule has 0 fully saturated rings. The number of nitrogens with zero attached hydrogens (tertiary/aromatic N) is 2. The number of nitrogens with two attached hydrogens (primary N) is 1. The molecule has 0 aliphatic rings. The van der Waals surface area contributed by atoms with Crippen molar-refractivity contribution in [1.29, 1.82) is 5.26 Å². The molecule has 4 nitrogen and oxygen atoms in total. The lowest BCUT2D eigenvalue weighted by Gasteiger charge is -2.17. The number of hydrogen-bond donors (Lipinski definition) is 1. The number of nitriles is 1. The fraction of sp³-hybridized carbons (Fsp3) is 0.400. The third-order valence-electron chi connectivity index (χ3n) is 2.12. The normalized spacial score (nSPS) is 12.1. The standard InChI is InChI=1S/C10H7F6N3O/c11-9(12,13)7-3-5(1-2-17)19-8(6(7)4-18)20-10(14,15)16/h3H,1,4,18H2. The van der Waals surface area contributed by atoms with Gasteiger partial charge in [-0.3, -0.25) is 0 Å². The molecule has 110 valence electrons. The molecule has 1 aromatic rings. The van der Waals surface area contributed by atoms with Crippen molar-refractivity contribution in [1.82, 2.24) is 4.98 Å². The van der Waals surface area contributed by atoms with Crippen LogP contribution >= 0.6 is 0 Å². The van der Waals surface area contributed by atoms with E-state index in [0.717, 1.165) is 0 Å².